The number of halogens is 2. The molecule has 2 rings (SSSR count). The Hall–Kier alpha value is -0.900. The Morgan fingerprint density at radius 2 is 2.23 bits per heavy atom. The smallest absolute Gasteiger partial charge is 0.321 e. The van der Waals surface area contributed by atoms with Crippen LogP contribution in [0.5, 0.6) is 0 Å². The van der Waals surface area contributed by atoms with E-state index in [0.717, 1.165) is 21.4 Å². The zero-order valence-corrected chi connectivity index (χ0v) is 15.7. The maximum absolute atomic E-state index is 11.9. The first-order valence-corrected chi connectivity index (χ1v) is 9.06. The minimum atomic E-state index is -0.269. The molecule has 1 heterocycles. The summed E-state index contributed by atoms with van der Waals surface area (Å²) in [6, 6.07) is 5.39. The van der Waals surface area contributed by atoms with Crippen molar-refractivity contribution in [1.29, 1.82) is 0 Å². The lowest BCUT2D eigenvalue weighted by Crippen LogP contribution is -2.28. The Labute approximate surface area is 152 Å². The van der Waals surface area contributed by atoms with E-state index in [-0.39, 0.29) is 6.03 Å². The highest BCUT2D eigenvalue weighted by atomic mass is 127. The summed E-state index contributed by atoms with van der Waals surface area (Å²) < 4.78 is 0.965. The second kappa shape index (κ2) is 8.66. The number of aromatic nitrogens is 1. The topological polar surface area (TPSA) is 66.0 Å². The fourth-order valence-electron chi connectivity index (χ4n) is 1.67. The van der Waals surface area contributed by atoms with Crippen molar-refractivity contribution in [3.8, 4) is 0 Å². The van der Waals surface area contributed by atoms with Crippen LogP contribution in [0.1, 0.15) is 18.2 Å². The molecule has 0 unspecified atom stereocenters. The Bertz CT molecular complexity index is 650. The van der Waals surface area contributed by atoms with Gasteiger partial charge in [0.15, 0.2) is 5.13 Å². The molecule has 0 fully saturated rings. The molecule has 0 saturated carbocycles. The quantitative estimate of drug-likeness (QED) is 0.586. The van der Waals surface area contributed by atoms with E-state index in [0.29, 0.717) is 23.2 Å². The molecular weight excluding hydrogens is 435 g/mol. The molecule has 0 saturated heterocycles. The van der Waals surface area contributed by atoms with Crippen LogP contribution in [0.25, 0.3) is 0 Å². The Morgan fingerprint density at radius 3 is 2.95 bits per heavy atom. The van der Waals surface area contributed by atoms with Crippen molar-refractivity contribution >= 4 is 56.7 Å². The van der Waals surface area contributed by atoms with Crippen molar-refractivity contribution in [2.75, 3.05) is 11.9 Å². The minimum Gasteiger partial charge on any atom is -0.334 e. The summed E-state index contributed by atoms with van der Waals surface area (Å²) in [5.41, 5.74) is 1.92. The number of hydrogen-bond donors (Lipinski definition) is 3. The van der Waals surface area contributed by atoms with Crippen LogP contribution in [0.2, 0.25) is 5.02 Å². The van der Waals surface area contributed by atoms with Crippen LogP contribution in [0.15, 0.2) is 23.6 Å². The van der Waals surface area contributed by atoms with Crippen LogP contribution < -0.4 is 16.0 Å². The molecule has 1 aromatic heterocycles. The number of hydrogen-bond acceptors (Lipinski definition) is 4. The van der Waals surface area contributed by atoms with Crippen molar-refractivity contribution < 1.29 is 4.79 Å². The van der Waals surface area contributed by atoms with Gasteiger partial charge in [0.05, 0.1) is 10.7 Å². The lowest BCUT2D eigenvalue weighted by atomic mass is 10.2. The van der Waals surface area contributed by atoms with Gasteiger partial charge in [0, 0.05) is 22.0 Å². The number of nitrogens with zero attached hydrogens (tertiary/aromatic N) is 1. The van der Waals surface area contributed by atoms with Crippen molar-refractivity contribution in [3.63, 3.8) is 0 Å². The first kappa shape index (κ1) is 17.5. The predicted molar refractivity (Wildman–Crippen MR) is 99.5 cm³/mol. The van der Waals surface area contributed by atoms with E-state index in [1.54, 1.807) is 0 Å². The summed E-state index contributed by atoms with van der Waals surface area (Å²) in [4.78, 5) is 16.2. The third-order valence-electron chi connectivity index (χ3n) is 2.77. The van der Waals surface area contributed by atoms with Gasteiger partial charge >= 0.3 is 6.03 Å². The molecule has 5 nitrogen and oxygen atoms in total. The number of anilines is 1. The molecule has 0 aliphatic rings. The molecule has 2 aromatic rings. The fourth-order valence-corrected chi connectivity index (χ4v) is 3.07. The maximum atomic E-state index is 11.9. The molecule has 1 aromatic carbocycles. The molecule has 22 heavy (non-hydrogen) atoms. The molecule has 118 valence electrons. The van der Waals surface area contributed by atoms with E-state index in [1.165, 1.54) is 11.3 Å². The predicted octanol–water partition coefficient (Wildman–Crippen LogP) is 3.83. The van der Waals surface area contributed by atoms with Crippen molar-refractivity contribution in [2.45, 2.75) is 20.0 Å². The van der Waals surface area contributed by atoms with E-state index >= 15 is 0 Å². The van der Waals surface area contributed by atoms with Gasteiger partial charge in [-0.1, -0.05) is 24.6 Å². The highest BCUT2D eigenvalue weighted by molar-refractivity contribution is 14.1. The number of carbonyl (C=O) groups excluding carboxylic acids is 1. The highest BCUT2D eigenvalue weighted by Crippen LogP contribution is 2.19. The lowest BCUT2D eigenvalue weighted by Gasteiger charge is -2.06. The second-order valence-corrected chi connectivity index (χ2v) is 6.91. The standard InChI is InChI=1S/C14H16ClIN4OS/c1-2-17-7-10-8-22-14(19-10)20-13(21)18-6-9-3-4-11(15)12(16)5-9/h3-5,8,17H,2,6-7H2,1H3,(H2,18,19,20,21). The van der Waals surface area contributed by atoms with Crippen molar-refractivity contribution in [2.24, 2.45) is 0 Å². The first-order valence-electron chi connectivity index (χ1n) is 6.72. The third kappa shape index (κ3) is 5.38. The van der Waals surface area contributed by atoms with Gasteiger partial charge in [-0.3, -0.25) is 5.32 Å². The van der Waals surface area contributed by atoms with Gasteiger partial charge in [-0.05, 0) is 46.8 Å². The summed E-state index contributed by atoms with van der Waals surface area (Å²) in [7, 11) is 0. The molecular formula is C14H16ClIN4OS. The average Bonchev–Trinajstić information content (AvgIpc) is 2.94. The van der Waals surface area contributed by atoms with Crippen LogP contribution in [0, 0.1) is 3.57 Å². The van der Waals surface area contributed by atoms with E-state index < -0.39 is 0 Å². The summed E-state index contributed by atoms with van der Waals surface area (Å²) >= 11 is 9.55. The largest absolute Gasteiger partial charge is 0.334 e. The SMILES string of the molecule is CCNCc1csc(NC(=O)NCc2ccc(Cl)c(I)c2)n1. The lowest BCUT2D eigenvalue weighted by molar-refractivity contribution is 0.251. The monoisotopic (exact) mass is 450 g/mol. The third-order valence-corrected chi connectivity index (χ3v) is 5.11. The summed E-state index contributed by atoms with van der Waals surface area (Å²) in [6.45, 7) is 4.08. The molecule has 0 aliphatic heterocycles. The van der Waals surface area contributed by atoms with Gasteiger partial charge in [0.1, 0.15) is 0 Å². The first-order chi connectivity index (χ1) is 10.6. The number of urea groups is 1. The van der Waals surface area contributed by atoms with Gasteiger partial charge in [0.2, 0.25) is 0 Å². The van der Waals surface area contributed by atoms with Crippen LogP contribution in [0.4, 0.5) is 9.93 Å². The van der Waals surface area contributed by atoms with E-state index in [9.17, 15) is 4.79 Å². The molecule has 0 radical (unpaired) electrons. The highest BCUT2D eigenvalue weighted by Gasteiger charge is 2.06. The number of amides is 2. The van der Waals surface area contributed by atoms with Gasteiger partial charge in [-0.2, -0.15) is 0 Å². The van der Waals surface area contributed by atoms with Crippen molar-refractivity contribution in [1.82, 2.24) is 15.6 Å². The van der Waals surface area contributed by atoms with E-state index in [1.807, 2.05) is 30.5 Å². The Kier molecular flexibility index (Phi) is 6.87. The van der Waals surface area contributed by atoms with Gasteiger partial charge in [-0.15, -0.1) is 11.3 Å². The van der Waals surface area contributed by atoms with Crippen LogP contribution in [-0.2, 0) is 13.1 Å². The van der Waals surface area contributed by atoms with Gasteiger partial charge in [-0.25, -0.2) is 9.78 Å². The maximum Gasteiger partial charge on any atom is 0.321 e. The van der Waals surface area contributed by atoms with E-state index in [2.05, 4.69) is 43.5 Å². The minimum absolute atomic E-state index is 0.269. The summed E-state index contributed by atoms with van der Waals surface area (Å²) in [6.07, 6.45) is 0. The number of thiazole rings is 1. The van der Waals surface area contributed by atoms with Crippen LogP contribution >= 0.6 is 45.5 Å². The summed E-state index contributed by atoms with van der Waals surface area (Å²) in [5, 5.41) is 12.0. The van der Waals surface area contributed by atoms with Gasteiger partial charge in [0.25, 0.3) is 0 Å². The van der Waals surface area contributed by atoms with E-state index in [4.69, 9.17) is 11.6 Å². The van der Waals surface area contributed by atoms with Crippen molar-refractivity contribution in [3.05, 3.63) is 43.4 Å². The molecule has 2 amide bonds. The molecule has 0 aliphatic carbocycles. The Balaban J connectivity index is 1.82. The molecule has 8 heteroatoms. The number of nitrogens with one attached hydrogen (secondary N) is 3. The summed E-state index contributed by atoms with van der Waals surface area (Å²) in [5.74, 6) is 0. The average molecular weight is 451 g/mol. The normalized spacial score (nSPS) is 10.5. The molecule has 0 spiro atoms. The van der Waals surface area contributed by atoms with Crippen LogP contribution in [0.3, 0.4) is 0 Å². The molecule has 3 N–H and O–H groups in total. The van der Waals surface area contributed by atoms with Crippen LogP contribution in [-0.4, -0.2) is 17.6 Å². The number of carbonyl (C=O) groups is 1. The zero-order valence-electron chi connectivity index (χ0n) is 12.0. The molecule has 0 bridgehead atoms. The fraction of sp³-hybridized carbons (Fsp3) is 0.286. The van der Waals surface area contributed by atoms with Gasteiger partial charge < -0.3 is 10.6 Å². The molecule has 0 atom stereocenters. The number of rotatable bonds is 6. The number of benzene rings is 1. The zero-order chi connectivity index (χ0) is 15.9. The second-order valence-electron chi connectivity index (χ2n) is 4.48. The Morgan fingerprint density at radius 1 is 1.41 bits per heavy atom.